The van der Waals surface area contributed by atoms with Crippen molar-refractivity contribution in [1.29, 1.82) is 5.26 Å². The average molecular weight is 693 g/mol. The highest BCUT2D eigenvalue weighted by molar-refractivity contribution is 7.23. The lowest BCUT2D eigenvalue weighted by Gasteiger charge is -2.37. The standard InChI is InChI=1S/C23H18F2N6OS.2C2HF3O2/c24-16-2-1-12(19-14(8-26)22(27)33-21(16)19)18-15-10-29-31-5-3-11-9-28-4-6-30(11)23(32)13(20(15)31)7-17(18)25;2*3-2(4,5)1(6)7/h1-2,7,10-11,28H,3-6,9,27H2;2*(H,6,7)/t11-;;/m0../s1. The fourth-order valence-electron chi connectivity index (χ4n) is 5.08. The summed E-state index contributed by atoms with van der Waals surface area (Å²) in [4.78, 5) is 33.1. The van der Waals surface area contributed by atoms with Crippen molar-refractivity contribution in [3.05, 3.63) is 47.2 Å². The van der Waals surface area contributed by atoms with Gasteiger partial charge < -0.3 is 26.2 Å². The zero-order chi connectivity index (χ0) is 35.0. The van der Waals surface area contributed by atoms with Gasteiger partial charge in [0.15, 0.2) is 0 Å². The van der Waals surface area contributed by atoms with Crippen molar-refractivity contribution in [2.75, 3.05) is 25.4 Å². The Labute approximate surface area is 261 Å². The topological polar surface area (TPSA) is 175 Å². The second-order valence-electron chi connectivity index (χ2n) is 9.91. The molecule has 0 spiro atoms. The van der Waals surface area contributed by atoms with Crippen molar-refractivity contribution in [3.8, 4) is 17.2 Å². The van der Waals surface area contributed by atoms with E-state index in [1.165, 1.54) is 18.2 Å². The van der Waals surface area contributed by atoms with Gasteiger partial charge in [-0.1, -0.05) is 6.07 Å². The molecule has 1 saturated heterocycles. The molecule has 4 aromatic rings. The zero-order valence-corrected chi connectivity index (χ0v) is 24.2. The summed E-state index contributed by atoms with van der Waals surface area (Å²) in [6.07, 6.45) is -7.90. The molecule has 2 aliphatic rings. The number of amides is 1. The monoisotopic (exact) mass is 692 g/mol. The predicted octanol–water partition coefficient (Wildman–Crippen LogP) is 4.73. The third-order valence-corrected chi connectivity index (χ3v) is 8.10. The van der Waals surface area contributed by atoms with Gasteiger partial charge in [0.1, 0.15) is 22.7 Å². The van der Waals surface area contributed by atoms with Crippen LogP contribution in [-0.4, -0.2) is 80.8 Å². The van der Waals surface area contributed by atoms with Crippen LogP contribution in [0.4, 0.5) is 40.1 Å². The Morgan fingerprint density at radius 2 is 1.66 bits per heavy atom. The van der Waals surface area contributed by atoms with E-state index < -0.39 is 35.9 Å². The molecule has 1 amide bonds. The van der Waals surface area contributed by atoms with Crippen LogP contribution in [0.5, 0.6) is 0 Å². The number of anilines is 1. The molecule has 11 nitrogen and oxygen atoms in total. The summed E-state index contributed by atoms with van der Waals surface area (Å²) < 4.78 is 95.7. The molecule has 1 atom stereocenters. The van der Waals surface area contributed by atoms with Crippen molar-refractivity contribution < 1.29 is 59.7 Å². The normalized spacial score (nSPS) is 16.2. The van der Waals surface area contributed by atoms with Crippen molar-refractivity contribution in [2.45, 2.75) is 31.4 Å². The number of alkyl halides is 6. The number of carbonyl (C=O) groups excluding carboxylic acids is 1. The van der Waals surface area contributed by atoms with E-state index in [0.717, 1.165) is 17.8 Å². The van der Waals surface area contributed by atoms with Gasteiger partial charge in [0, 0.05) is 48.6 Å². The molecule has 47 heavy (non-hydrogen) atoms. The summed E-state index contributed by atoms with van der Waals surface area (Å²) >= 11 is 0.963. The van der Waals surface area contributed by atoms with Gasteiger partial charge in [-0.15, -0.1) is 11.3 Å². The number of halogens is 8. The number of thiophene rings is 1. The van der Waals surface area contributed by atoms with Gasteiger partial charge in [-0.2, -0.15) is 36.7 Å². The third-order valence-electron chi connectivity index (χ3n) is 7.07. The summed E-state index contributed by atoms with van der Waals surface area (Å²) in [6.45, 7) is 2.51. The van der Waals surface area contributed by atoms with Gasteiger partial charge in [-0.3, -0.25) is 9.48 Å². The molecule has 0 unspecified atom stereocenters. The summed E-state index contributed by atoms with van der Waals surface area (Å²) in [7, 11) is 0. The Balaban J connectivity index is 0.000000301. The zero-order valence-electron chi connectivity index (χ0n) is 23.3. The van der Waals surface area contributed by atoms with E-state index >= 15 is 4.39 Å². The Morgan fingerprint density at radius 1 is 1.04 bits per heavy atom. The van der Waals surface area contributed by atoms with Crippen LogP contribution in [0.15, 0.2) is 24.4 Å². The van der Waals surface area contributed by atoms with Crippen molar-refractivity contribution in [3.63, 3.8) is 0 Å². The van der Waals surface area contributed by atoms with E-state index in [1.54, 1.807) is 10.9 Å². The largest absolute Gasteiger partial charge is 0.490 e. The van der Waals surface area contributed by atoms with E-state index in [0.29, 0.717) is 42.6 Å². The van der Waals surface area contributed by atoms with E-state index in [1.807, 2.05) is 11.0 Å². The number of nitriles is 1. The Kier molecular flexibility index (Phi) is 9.63. The number of rotatable bonds is 1. The number of hydrogen-bond donors (Lipinski definition) is 4. The molecular formula is C27H20F8N6O5S. The fraction of sp³-hybridized carbons (Fsp3) is 0.296. The van der Waals surface area contributed by atoms with Crippen molar-refractivity contribution in [1.82, 2.24) is 20.0 Å². The molecule has 0 radical (unpaired) electrons. The molecule has 6 rings (SSSR count). The van der Waals surface area contributed by atoms with E-state index in [4.69, 9.17) is 25.5 Å². The first kappa shape index (κ1) is 34.8. The minimum Gasteiger partial charge on any atom is -0.475 e. The molecule has 0 bridgehead atoms. The van der Waals surface area contributed by atoms with Crippen LogP contribution in [0.3, 0.4) is 0 Å². The van der Waals surface area contributed by atoms with Crippen LogP contribution < -0.4 is 11.1 Å². The molecule has 0 aliphatic carbocycles. The number of hydrogen-bond acceptors (Lipinski definition) is 8. The van der Waals surface area contributed by atoms with Gasteiger partial charge in [-0.05, 0) is 24.1 Å². The van der Waals surface area contributed by atoms with Crippen LogP contribution in [0.2, 0.25) is 0 Å². The molecule has 2 aliphatic heterocycles. The SMILES string of the molecule is N#Cc1c(N)sc2c(F)ccc(-c3c(F)cc4c5c3cnn5CC[C@H]3CNCCN3C4=O)c12.O=C(O)C(F)(F)F.O=C(O)C(F)(F)F. The quantitative estimate of drug-likeness (QED) is 0.206. The number of nitrogens with one attached hydrogen (secondary N) is 1. The fourth-order valence-corrected chi connectivity index (χ4v) is 6.02. The molecule has 1 fully saturated rings. The second kappa shape index (κ2) is 13.0. The molecule has 250 valence electrons. The predicted molar refractivity (Wildman–Crippen MR) is 149 cm³/mol. The molecular weight excluding hydrogens is 672 g/mol. The molecule has 20 heteroatoms. The molecule has 5 N–H and O–H groups in total. The lowest BCUT2D eigenvalue weighted by atomic mass is 9.93. The highest BCUT2D eigenvalue weighted by atomic mass is 32.1. The maximum absolute atomic E-state index is 15.8. The molecule has 0 saturated carbocycles. The first-order valence-electron chi connectivity index (χ1n) is 13.1. The number of nitrogens with zero attached hydrogens (tertiary/aromatic N) is 4. The highest BCUT2D eigenvalue weighted by Gasteiger charge is 2.39. The molecule has 4 heterocycles. The number of carboxylic acid groups (broad SMARTS) is 2. The lowest BCUT2D eigenvalue weighted by molar-refractivity contribution is -0.193. The maximum Gasteiger partial charge on any atom is 0.490 e. The number of nitrogens with two attached hydrogens (primary N) is 1. The van der Waals surface area contributed by atoms with E-state index in [9.17, 15) is 40.8 Å². The number of benzene rings is 2. The van der Waals surface area contributed by atoms with Gasteiger partial charge >= 0.3 is 24.3 Å². The van der Waals surface area contributed by atoms with Crippen LogP contribution in [0, 0.1) is 23.0 Å². The maximum atomic E-state index is 15.8. The number of nitrogen functional groups attached to an aromatic ring is 1. The molecule has 2 aromatic heterocycles. The Morgan fingerprint density at radius 3 is 2.23 bits per heavy atom. The summed E-state index contributed by atoms with van der Waals surface area (Å²) in [5.41, 5.74) is 7.44. The first-order valence-corrected chi connectivity index (χ1v) is 13.9. The third kappa shape index (κ3) is 6.90. The number of piperazine rings is 1. The minimum absolute atomic E-state index is 0.0186. The smallest absolute Gasteiger partial charge is 0.475 e. The number of fused-ring (bicyclic) bond motifs is 2. The average Bonchev–Trinajstić information content (AvgIpc) is 3.56. The summed E-state index contributed by atoms with van der Waals surface area (Å²) in [5, 5.41) is 32.6. The van der Waals surface area contributed by atoms with Gasteiger partial charge in [-0.25, -0.2) is 18.4 Å². The number of aromatic nitrogens is 2. The molecule has 2 aromatic carbocycles. The number of carbonyl (C=O) groups is 3. The highest BCUT2D eigenvalue weighted by Crippen LogP contribution is 2.44. The van der Waals surface area contributed by atoms with Crippen LogP contribution >= 0.6 is 11.3 Å². The second-order valence-corrected chi connectivity index (χ2v) is 11.0. The first-order chi connectivity index (χ1) is 21.9. The Bertz CT molecular complexity index is 1910. The van der Waals surface area contributed by atoms with Gasteiger partial charge in [0.05, 0.1) is 27.5 Å². The minimum atomic E-state index is -5.08. The van der Waals surface area contributed by atoms with E-state index in [-0.39, 0.29) is 43.7 Å². The summed E-state index contributed by atoms with van der Waals surface area (Å²) in [6, 6.07) is 6.00. The van der Waals surface area contributed by atoms with Gasteiger partial charge in [0.25, 0.3) is 5.91 Å². The number of carboxylic acids is 2. The van der Waals surface area contributed by atoms with Crippen LogP contribution in [0.25, 0.3) is 32.1 Å². The lowest BCUT2D eigenvalue weighted by Crippen LogP contribution is -2.54. The number of aryl methyl sites for hydroxylation is 1. The number of aliphatic carboxylic acids is 2. The van der Waals surface area contributed by atoms with E-state index in [2.05, 4.69) is 10.4 Å². The van der Waals surface area contributed by atoms with Gasteiger partial charge in [0.2, 0.25) is 0 Å². The summed E-state index contributed by atoms with van der Waals surface area (Å²) in [5.74, 6) is -6.88. The van der Waals surface area contributed by atoms with Crippen LogP contribution in [0.1, 0.15) is 22.3 Å². The van der Waals surface area contributed by atoms with Crippen molar-refractivity contribution in [2.24, 2.45) is 0 Å². The van der Waals surface area contributed by atoms with Crippen LogP contribution in [-0.2, 0) is 16.1 Å². The Hall–Kier alpha value is -5.03. The van der Waals surface area contributed by atoms with Crippen molar-refractivity contribution >= 4 is 55.2 Å².